The lowest BCUT2D eigenvalue weighted by Crippen LogP contribution is -2.37. The summed E-state index contributed by atoms with van der Waals surface area (Å²) in [6.45, 7) is 4.72. The van der Waals surface area contributed by atoms with Crippen molar-refractivity contribution in [2.75, 3.05) is 0 Å². The molecule has 3 heteroatoms. The molecule has 3 nitrogen and oxygen atoms in total. The van der Waals surface area contributed by atoms with E-state index in [2.05, 4.69) is 193 Å². The molecule has 258 valence electrons. The van der Waals surface area contributed by atoms with E-state index in [-0.39, 0.29) is 5.41 Å². The number of hydrogen-bond acceptors (Lipinski definition) is 1. The summed E-state index contributed by atoms with van der Waals surface area (Å²) in [6.07, 6.45) is 0. The molecule has 0 fully saturated rings. The van der Waals surface area contributed by atoms with Gasteiger partial charge in [-0.25, -0.2) is 0 Å². The summed E-state index contributed by atoms with van der Waals surface area (Å²) in [4.78, 5) is 0. The number of para-hydroxylation sites is 5. The molecule has 0 bridgehead atoms. The zero-order valence-corrected chi connectivity index (χ0v) is 30.5. The molecule has 0 N–H and O–H groups in total. The van der Waals surface area contributed by atoms with Crippen LogP contribution in [0, 0.1) is 0 Å². The minimum atomic E-state index is -0.620. The van der Waals surface area contributed by atoms with Crippen LogP contribution in [0.25, 0.3) is 66.1 Å². The molecule has 1 spiro atoms. The number of nitrogens with zero attached hydrogens (tertiary/aromatic N) is 2. The number of benzene rings is 8. The lowest BCUT2D eigenvalue weighted by atomic mass is 9.61. The second kappa shape index (κ2) is 10.0. The van der Waals surface area contributed by atoms with Crippen molar-refractivity contribution in [3.63, 3.8) is 0 Å². The number of aromatic nitrogens is 2. The summed E-state index contributed by atoms with van der Waals surface area (Å²) >= 11 is 0. The fourth-order valence-corrected chi connectivity index (χ4v) is 10.9. The average Bonchev–Trinajstić information content (AvgIpc) is 3.82. The summed E-state index contributed by atoms with van der Waals surface area (Å²) in [5.41, 5.74) is 16.8. The molecule has 4 heterocycles. The van der Waals surface area contributed by atoms with Crippen molar-refractivity contribution in [2.24, 2.45) is 0 Å². The van der Waals surface area contributed by atoms with Crippen LogP contribution in [-0.2, 0) is 10.8 Å². The van der Waals surface area contributed by atoms with E-state index in [9.17, 15) is 0 Å². The number of fused-ring (bicyclic) bond motifs is 17. The quantitative estimate of drug-likeness (QED) is 0.167. The highest BCUT2D eigenvalue weighted by molar-refractivity contribution is 6.13. The highest BCUT2D eigenvalue weighted by atomic mass is 16.5. The molecular formula is C52H34N2O. The van der Waals surface area contributed by atoms with Crippen LogP contribution in [0.1, 0.15) is 47.2 Å². The summed E-state index contributed by atoms with van der Waals surface area (Å²) in [5, 5.41) is 4.99. The molecule has 8 aromatic carbocycles. The first-order chi connectivity index (χ1) is 27.0. The molecule has 1 atom stereocenters. The maximum Gasteiger partial charge on any atom is 0.134 e. The molecule has 0 saturated heterocycles. The highest BCUT2D eigenvalue weighted by Crippen LogP contribution is 2.61. The number of rotatable bonds is 1. The SMILES string of the molecule is CC1(C)c2ccccc2-c2ccc(-n3c4ccccc4c4cc5c(cc43)Oc3ccccc3C53c4ccccc4-n4c5ccccc5c5cccc3c54)cc21. The third kappa shape index (κ3) is 3.44. The van der Waals surface area contributed by atoms with Gasteiger partial charge in [0.1, 0.15) is 11.5 Å². The van der Waals surface area contributed by atoms with Crippen molar-refractivity contribution in [3.8, 4) is 34.0 Å². The van der Waals surface area contributed by atoms with E-state index in [4.69, 9.17) is 4.74 Å². The van der Waals surface area contributed by atoms with Gasteiger partial charge in [0.05, 0.1) is 33.2 Å². The summed E-state index contributed by atoms with van der Waals surface area (Å²) < 4.78 is 12.0. The monoisotopic (exact) mass is 702 g/mol. The summed E-state index contributed by atoms with van der Waals surface area (Å²) in [6, 6.07) is 63.1. The van der Waals surface area contributed by atoms with Crippen molar-refractivity contribution >= 4 is 43.6 Å². The van der Waals surface area contributed by atoms with Gasteiger partial charge in [-0.05, 0) is 75.8 Å². The Morgan fingerprint density at radius 1 is 0.400 bits per heavy atom. The standard InChI is InChI=1S/C52H34N2O/c1-51(2)38-18-6-3-14-32(38)33-27-26-31(28-42(33)51)53-44-22-9-5-16-35(44)37-29-43-49(30-47(37)53)55-48-25-12-8-20-40(48)52(43)39-19-7-11-24-46(39)54-45-23-10-4-15-34(45)36-17-13-21-41(52)50(36)54/h3-30H,1-2H3. The van der Waals surface area contributed by atoms with Gasteiger partial charge in [-0.3, -0.25) is 0 Å². The van der Waals surface area contributed by atoms with Crippen LogP contribution in [0.3, 0.4) is 0 Å². The molecule has 0 radical (unpaired) electrons. The van der Waals surface area contributed by atoms with E-state index in [0.717, 1.165) is 22.7 Å². The predicted molar refractivity (Wildman–Crippen MR) is 225 cm³/mol. The van der Waals surface area contributed by atoms with E-state index >= 15 is 0 Å². The first-order valence-corrected chi connectivity index (χ1v) is 19.3. The van der Waals surface area contributed by atoms with E-state index in [1.165, 1.54) is 88.3 Å². The summed E-state index contributed by atoms with van der Waals surface area (Å²) in [7, 11) is 0. The molecule has 3 aliphatic rings. The maximum absolute atomic E-state index is 7.09. The van der Waals surface area contributed by atoms with E-state index < -0.39 is 5.41 Å². The third-order valence-corrected chi connectivity index (χ3v) is 13.2. The van der Waals surface area contributed by atoms with Crippen LogP contribution in [0.4, 0.5) is 0 Å². The van der Waals surface area contributed by atoms with Crippen molar-refractivity contribution in [1.82, 2.24) is 9.13 Å². The average molecular weight is 703 g/mol. The smallest absolute Gasteiger partial charge is 0.134 e. The fourth-order valence-electron chi connectivity index (χ4n) is 10.9. The topological polar surface area (TPSA) is 19.1 Å². The predicted octanol–water partition coefficient (Wildman–Crippen LogP) is 13.0. The zero-order chi connectivity index (χ0) is 36.2. The molecule has 10 aromatic rings. The van der Waals surface area contributed by atoms with Crippen LogP contribution in [0.15, 0.2) is 170 Å². The van der Waals surface area contributed by atoms with Gasteiger partial charge in [0.15, 0.2) is 0 Å². The lowest BCUT2D eigenvalue weighted by Gasteiger charge is -2.45. The molecule has 2 aliphatic heterocycles. The molecular weight excluding hydrogens is 669 g/mol. The Hall–Kier alpha value is -6.84. The van der Waals surface area contributed by atoms with Crippen LogP contribution in [0.2, 0.25) is 0 Å². The van der Waals surface area contributed by atoms with Crippen molar-refractivity contribution in [1.29, 1.82) is 0 Å². The van der Waals surface area contributed by atoms with Gasteiger partial charge in [0.2, 0.25) is 0 Å². The van der Waals surface area contributed by atoms with Crippen LogP contribution in [-0.4, -0.2) is 9.13 Å². The van der Waals surface area contributed by atoms with Gasteiger partial charge in [-0.2, -0.15) is 0 Å². The minimum absolute atomic E-state index is 0.100. The Kier molecular flexibility index (Phi) is 5.39. The minimum Gasteiger partial charge on any atom is -0.457 e. The largest absolute Gasteiger partial charge is 0.457 e. The Bertz CT molecular complexity index is 3340. The molecule has 1 aliphatic carbocycles. The lowest BCUT2D eigenvalue weighted by molar-refractivity contribution is 0.434. The van der Waals surface area contributed by atoms with Crippen LogP contribution >= 0.6 is 0 Å². The number of hydrogen-bond donors (Lipinski definition) is 0. The Morgan fingerprint density at radius 3 is 1.89 bits per heavy atom. The van der Waals surface area contributed by atoms with Crippen molar-refractivity contribution in [2.45, 2.75) is 24.7 Å². The normalized spacial score (nSPS) is 16.9. The molecule has 0 amide bonds. The first kappa shape index (κ1) is 29.6. The van der Waals surface area contributed by atoms with Gasteiger partial charge in [0, 0.05) is 49.8 Å². The van der Waals surface area contributed by atoms with Crippen molar-refractivity contribution < 1.29 is 4.74 Å². The first-order valence-electron chi connectivity index (χ1n) is 19.3. The van der Waals surface area contributed by atoms with Gasteiger partial charge in [-0.15, -0.1) is 0 Å². The summed E-state index contributed by atoms with van der Waals surface area (Å²) in [5.74, 6) is 1.78. The molecule has 55 heavy (non-hydrogen) atoms. The molecule has 13 rings (SSSR count). The highest BCUT2D eigenvalue weighted by Gasteiger charge is 2.50. The number of ether oxygens (including phenoxy) is 1. The molecule has 0 saturated carbocycles. The van der Waals surface area contributed by atoms with Gasteiger partial charge >= 0.3 is 0 Å². The maximum atomic E-state index is 7.09. The second-order valence-electron chi connectivity index (χ2n) is 16.0. The third-order valence-electron chi connectivity index (χ3n) is 13.2. The van der Waals surface area contributed by atoms with E-state index in [0.29, 0.717) is 0 Å². The Labute approximate surface area is 318 Å². The zero-order valence-electron chi connectivity index (χ0n) is 30.5. The van der Waals surface area contributed by atoms with Crippen molar-refractivity contribution in [3.05, 3.63) is 203 Å². The second-order valence-corrected chi connectivity index (χ2v) is 16.0. The van der Waals surface area contributed by atoms with Gasteiger partial charge in [-0.1, -0.05) is 135 Å². The molecule has 1 unspecified atom stereocenters. The molecule has 2 aromatic heterocycles. The van der Waals surface area contributed by atoms with Crippen LogP contribution < -0.4 is 4.74 Å². The Morgan fingerprint density at radius 2 is 1.04 bits per heavy atom. The van der Waals surface area contributed by atoms with Gasteiger partial charge in [0.25, 0.3) is 0 Å². The van der Waals surface area contributed by atoms with E-state index in [1.54, 1.807) is 0 Å². The van der Waals surface area contributed by atoms with Gasteiger partial charge < -0.3 is 13.9 Å². The van der Waals surface area contributed by atoms with E-state index in [1.807, 2.05) is 0 Å². The fraction of sp³-hybridized carbons (Fsp3) is 0.0769. The Balaban J connectivity index is 1.15. The van der Waals surface area contributed by atoms with Crippen LogP contribution in [0.5, 0.6) is 11.5 Å².